The molecule has 0 bridgehead atoms. The fraction of sp³-hybridized carbons (Fsp3) is 0.846. The van der Waals surface area contributed by atoms with Crippen molar-refractivity contribution in [3.05, 3.63) is 0 Å². The van der Waals surface area contributed by atoms with E-state index in [1.54, 1.807) is 0 Å². The second-order valence-corrected chi connectivity index (χ2v) is 5.92. The maximum absolute atomic E-state index is 11.8. The minimum Gasteiger partial charge on any atom is -0.481 e. The number of nitrogens with one attached hydrogen (secondary N) is 1. The number of nitrogens with zero attached hydrogens (tertiary/aromatic N) is 1. The van der Waals surface area contributed by atoms with Gasteiger partial charge in [-0.3, -0.25) is 14.5 Å². The number of carbonyl (C=O) groups is 2. The number of aliphatic carboxylic acids is 1. The van der Waals surface area contributed by atoms with Crippen molar-refractivity contribution in [1.82, 2.24) is 10.2 Å². The number of amides is 1. The van der Waals surface area contributed by atoms with Crippen molar-refractivity contribution in [2.45, 2.75) is 25.8 Å². The molecule has 1 saturated heterocycles. The first-order valence-electron chi connectivity index (χ1n) is 6.75. The smallest absolute Gasteiger partial charge is 0.307 e. The summed E-state index contributed by atoms with van der Waals surface area (Å²) in [5.41, 5.74) is -0.132. The molecule has 6 nitrogen and oxygen atoms in total. The number of hydrogen-bond acceptors (Lipinski definition) is 4. The lowest BCUT2D eigenvalue weighted by atomic mass is 10.0. The molecule has 1 heterocycles. The zero-order valence-corrected chi connectivity index (χ0v) is 11.5. The number of rotatable bonds is 5. The highest BCUT2D eigenvalue weighted by atomic mass is 16.5. The lowest BCUT2D eigenvalue weighted by Crippen LogP contribution is -2.55. The van der Waals surface area contributed by atoms with Crippen LogP contribution in [0.3, 0.4) is 0 Å². The average Bonchev–Trinajstić information content (AvgIpc) is 3.17. The monoisotopic (exact) mass is 270 g/mol. The third-order valence-corrected chi connectivity index (χ3v) is 4.01. The zero-order valence-electron chi connectivity index (χ0n) is 11.5. The van der Waals surface area contributed by atoms with Gasteiger partial charge in [-0.15, -0.1) is 0 Å². The van der Waals surface area contributed by atoms with Crippen LogP contribution >= 0.6 is 0 Å². The summed E-state index contributed by atoms with van der Waals surface area (Å²) >= 11 is 0. The minimum atomic E-state index is -0.868. The average molecular weight is 270 g/mol. The van der Waals surface area contributed by atoms with Gasteiger partial charge in [0.15, 0.2) is 0 Å². The van der Waals surface area contributed by atoms with Crippen molar-refractivity contribution >= 4 is 11.9 Å². The molecular weight excluding hydrogens is 248 g/mol. The summed E-state index contributed by atoms with van der Waals surface area (Å²) in [4.78, 5) is 24.8. The topological polar surface area (TPSA) is 78.9 Å². The number of ether oxygens (including phenoxy) is 1. The third kappa shape index (κ3) is 3.45. The Labute approximate surface area is 113 Å². The Morgan fingerprint density at radius 3 is 2.47 bits per heavy atom. The van der Waals surface area contributed by atoms with Crippen molar-refractivity contribution in [1.29, 1.82) is 0 Å². The second kappa shape index (κ2) is 5.46. The van der Waals surface area contributed by atoms with E-state index in [0.29, 0.717) is 13.0 Å². The van der Waals surface area contributed by atoms with E-state index < -0.39 is 11.9 Å². The molecule has 2 unspecified atom stereocenters. The van der Waals surface area contributed by atoms with Crippen LogP contribution in [0.4, 0.5) is 0 Å². The highest BCUT2D eigenvalue weighted by Crippen LogP contribution is 2.38. The number of carboxylic acids is 1. The van der Waals surface area contributed by atoms with Crippen LogP contribution < -0.4 is 5.32 Å². The summed E-state index contributed by atoms with van der Waals surface area (Å²) in [7, 11) is 0. The Morgan fingerprint density at radius 1 is 1.32 bits per heavy atom. The largest absolute Gasteiger partial charge is 0.481 e. The molecule has 1 saturated carbocycles. The minimum absolute atomic E-state index is 0.131. The van der Waals surface area contributed by atoms with E-state index in [4.69, 9.17) is 9.84 Å². The first-order chi connectivity index (χ1) is 8.92. The molecule has 2 N–H and O–H groups in total. The summed E-state index contributed by atoms with van der Waals surface area (Å²) in [5.74, 6) is -1.81. The maximum atomic E-state index is 11.8. The SMILES string of the molecule is CC(C)(CNC(=O)C1CC1C(=O)O)N1CCOCC1. The van der Waals surface area contributed by atoms with Crippen molar-refractivity contribution in [3.8, 4) is 0 Å². The molecule has 0 aromatic heterocycles. The van der Waals surface area contributed by atoms with Crippen LogP contribution in [0.1, 0.15) is 20.3 Å². The van der Waals surface area contributed by atoms with E-state index in [9.17, 15) is 9.59 Å². The summed E-state index contributed by atoms with van der Waals surface area (Å²) in [6.45, 7) is 7.88. The standard InChI is InChI=1S/C13H22N2O4/c1-13(2,15-3-5-19-6-4-15)8-14-11(16)9-7-10(9)12(17)18/h9-10H,3-8H2,1-2H3,(H,14,16)(H,17,18). The van der Waals surface area contributed by atoms with Crippen molar-refractivity contribution in [2.75, 3.05) is 32.8 Å². The van der Waals surface area contributed by atoms with Crippen LogP contribution in [0.25, 0.3) is 0 Å². The lowest BCUT2D eigenvalue weighted by molar-refractivity contribution is -0.140. The number of carbonyl (C=O) groups excluding carboxylic acids is 1. The Balaban J connectivity index is 1.77. The van der Waals surface area contributed by atoms with Crippen molar-refractivity contribution in [3.63, 3.8) is 0 Å². The predicted molar refractivity (Wildman–Crippen MR) is 68.7 cm³/mol. The Morgan fingerprint density at radius 2 is 1.95 bits per heavy atom. The van der Waals surface area contributed by atoms with E-state index in [-0.39, 0.29) is 17.4 Å². The Kier molecular flexibility index (Phi) is 4.10. The van der Waals surface area contributed by atoms with Crippen LogP contribution in [0.5, 0.6) is 0 Å². The van der Waals surface area contributed by atoms with Gasteiger partial charge in [0.05, 0.1) is 25.0 Å². The molecule has 1 aliphatic carbocycles. The van der Waals surface area contributed by atoms with Gasteiger partial charge in [-0.25, -0.2) is 0 Å². The summed E-state index contributed by atoms with van der Waals surface area (Å²) in [6, 6.07) is 0. The van der Waals surface area contributed by atoms with Gasteiger partial charge in [0, 0.05) is 25.2 Å². The van der Waals surface area contributed by atoms with Gasteiger partial charge in [0.1, 0.15) is 0 Å². The number of morpholine rings is 1. The Bertz CT molecular complexity index is 364. The fourth-order valence-electron chi connectivity index (χ4n) is 2.47. The highest BCUT2D eigenvalue weighted by molar-refractivity contribution is 5.89. The van der Waals surface area contributed by atoms with E-state index in [2.05, 4.69) is 24.1 Å². The second-order valence-electron chi connectivity index (χ2n) is 5.92. The van der Waals surface area contributed by atoms with Crippen LogP contribution in [-0.2, 0) is 14.3 Å². The normalized spacial score (nSPS) is 27.9. The van der Waals surface area contributed by atoms with Gasteiger partial charge in [0.2, 0.25) is 5.91 Å². The maximum Gasteiger partial charge on any atom is 0.307 e. The predicted octanol–water partition coefficient (Wildman–Crippen LogP) is -0.0659. The molecule has 2 aliphatic rings. The first kappa shape index (κ1) is 14.3. The molecule has 0 spiro atoms. The van der Waals surface area contributed by atoms with Crippen LogP contribution in [-0.4, -0.2) is 60.3 Å². The molecule has 19 heavy (non-hydrogen) atoms. The third-order valence-electron chi connectivity index (χ3n) is 4.01. The molecule has 6 heteroatoms. The fourth-order valence-corrected chi connectivity index (χ4v) is 2.47. The van der Waals surface area contributed by atoms with Crippen molar-refractivity contribution in [2.24, 2.45) is 11.8 Å². The summed E-state index contributed by atoms with van der Waals surface area (Å²) in [6.07, 6.45) is 0.471. The van der Waals surface area contributed by atoms with Gasteiger partial charge in [-0.2, -0.15) is 0 Å². The van der Waals surface area contributed by atoms with Gasteiger partial charge >= 0.3 is 5.97 Å². The van der Waals surface area contributed by atoms with E-state index in [0.717, 1.165) is 26.3 Å². The number of carboxylic acid groups (broad SMARTS) is 1. The lowest BCUT2D eigenvalue weighted by Gasteiger charge is -2.40. The van der Waals surface area contributed by atoms with E-state index in [1.165, 1.54) is 0 Å². The number of hydrogen-bond donors (Lipinski definition) is 2. The highest BCUT2D eigenvalue weighted by Gasteiger charge is 2.48. The molecule has 1 aliphatic heterocycles. The van der Waals surface area contributed by atoms with Gasteiger partial charge in [-0.05, 0) is 20.3 Å². The molecule has 2 atom stereocenters. The van der Waals surface area contributed by atoms with Gasteiger partial charge in [-0.1, -0.05) is 0 Å². The first-order valence-corrected chi connectivity index (χ1v) is 6.75. The molecular formula is C13H22N2O4. The molecule has 108 valence electrons. The summed E-state index contributed by atoms with van der Waals surface area (Å²) < 4.78 is 5.31. The van der Waals surface area contributed by atoms with Gasteiger partial charge in [0.25, 0.3) is 0 Å². The van der Waals surface area contributed by atoms with E-state index >= 15 is 0 Å². The van der Waals surface area contributed by atoms with Crippen LogP contribution in [0.2, 0.25) is 0 Å². The zero-order chi connectivity index (χ0) is 14.0. The molecule has 0 aromatic carbocycles. The molecule has 0 radical (unpaired) electrons. The van der Waals surface area contributed by atoms with Crippen LogP contribution in [0.15, 0.2) is 0 Å². The summed E-state index contributed by atoms with van der Waals surface area (Å²) in [5, 5.41) is 11.7. The van der Waals surface area contributed by atoms with E-state index in [1.807, 2.05) is 0 Å². The van der Waals surface area contributed by atoms with Crippen molar-refractivity contribution < 1.29 is 19.4 Å². The quantitative estimate of drug-likeness (QED) is 0.731. The molecule has 0 aromatic rings. The van der Waals surface area contributed by atoms with Gasteiger partial charge < -0.3 is 15.2 Å². The van der Waals surface area contributed by atoms with Crippen LogP contribution in [0, 0.1) is 11.8 Å². The molecule has 1 amide bonds. The Hall–Kier alpha value is -1.14. The molecule has 2 rings (SSSR count). The molecule has 2 fully saturated rings.